The fourth-order valence-electron chi connectivity index (χ4n) is 2.62. The molecule has 0 heterocycles. The molecule has 0 N–H and O–H groups in total. The second-order valence-electron chi connectivity index (χ2n) is 6.38. The Morgan fingerprint density at radius 2 is 1.69 bits per heavy atom. The molecule has 29 heavy (non-hydrogen) atoms. The maximum Gasteiger partial charge on any atom is 0.282 e. The van der Waals surface area contributed by atoms with Crippen molar-refractivity contribution < 1.29 is 13.2 Å². The van der Waals surface area contributed by atoms with Crippen molar-refractivity contribution in [2.24, 2.45) is 4.40 Å². The summed E-state index contributed by atoms with van der Waals surface area (Å²) in [5.41, 5.74) is 2.78. The molecule has 3 rings (SSSR count). The monoisotopic (exact) mass is 425 g/mol. The zero-order valence-electron chi connectivity index (χ0n) is 16.0. The van der Waals surface area contributed by atoms with Crippen LogP contribution in [0.25, 0.3) is 6.08 Å². The number of hydrogen-bond acceptors (Lipinski definition) is 3. The molecule has 0 saturated carbocycles. The fourth-order valence-corrected chi connectivity index (χ4v) is 3.83. The van der Waals surface area contributed by atoms with Gasteiger partial charge in [0, 0.05) is 10.6 Å². The van der Waals surface area contributed by atoms with E-state index < -0.39 is 10.0 Å². The molecule has 0 atom stereocenters. The van der Waals surface area contributed by atoms with Gasteiger partial charge in [-0.05, 0) is 67.1 Å². The Morgan fingerprint density at radius 1 is 1.00 bits per heavy atom. The van der Waals surface area contributed by atoms with E-state index in [0.717, 1.165) is 11.1 Å². The summed E-state index contributed by atoms with van der Waals surface area (Å²) in [4.78, 5) is 0.144. The third kappa shape index (κ3) is 5.56. The summed E-state index contributed by atoms with van der Waals surface area (Å²) in [6, 6.07) is 20.9. The van der Waals surface area contributed by atoms with Gasteiger partial charge in [0.25, 0.3) is 10.0 Å². The first kappa shape index (κ1) is 20.8. The van der Waals surface area contributed by atoms with Crippen LogP contribution in [0.1, 0.15) is 16.7 Å². The van der Waals surface area contributed by atoms with Gasteiger partial charge in [-0.3, -0.25) is 0 Å². The lowest BCUT2D eigenvalue weighted by atomic mass is 10.1. The van der Waals surface area contributed by atoms with Gasteiger partial charge in [-0.2, -0.15) is 12.8 Å². The highest BCUT2D eigenvalue weighted by molar-refractivity contribution is 7.90. The van der Waals surface area contributed by atoms with E-state index in [1.165, 1.54) is 0 Å². The van der Waals surface area contributed by atoms with Gasteiger partial charge in [-0.15, -0.1) is 0 Å². The topological polar surface area (TPSA) is 55.7 Å². The van der Waals surface area contributed by atoms with Crippen molar-refractivity contribution in [1.29, 1.82) is 0 Å². The average Bonchev–Trinajstić information content (AvgIpc) is 2.71. The van der Waals surface area contributed by atoms with Crippen LogP contribution in [0, 0.1) is 6.92 Å². The molecule has 0 aromatic heterocycles. The number of ether oxygens (including phenoxy) is 1. The van der Waals surface area contributed by atoms with Crippen molar-refractivity contribution in [3.05, 3.63) is 101 Å². The Morgan fingerprint density at radius 3 is 2.31 bits per heavy atom. The molecule has 148 valence electrons. The zero-order chi connectivity index (χ0) is 20.9. The quantitative estimate of drug-likeness (QED) is 0.486. The largest absolute Gasteiger partial charge is 0.497 e. The second kappa shape index (κ2) is 9.07. The smallest absolute Gasteiger partial charge is 0.282 e. The first-order valence-electron chi connectivity index (χ1n) is 8.87. The number of rotatable bonds is 6. The fraction of sp³-hybridized carbons (Fsp3) is 0.0870. The molecule has 0 unspecified atom stereocenters. The lowest BCUT2D eigenvalue weighted by Crippen LogP contribution is -2.04. The van der Waals surface area contributed by atoms with E-state index in [1.54, 1.807) is 79.9 Å². The number of allylic oxidation sites excluding steroid dienone is 1. The molecule has 4 nitrogen and oxygen atoms in total. The molecule has 0 fully saturated rings. The predicted octanol–water partition coefficient (Wildman–Crippen LogP) is 5.55. The molecule has 0 aliphatic rings. The van der Waals surface area contributed by atoms with E-state index >= 15 is 0 Å². The van der Waals surface area contributed by atoms with Gasteiger partial charge >= 0.3 is 0 Å². The Hall–Kier alpha value is -2.89. The average molecular weight is 426 g/mol. The van der Waals surface area contributed by atoms with Crippen LogP contribution in [-0.4, -0.2) is 21.2 Å². The number of methoxy groups -OCH3 is 1. The molecule has 0 amide bonds. The highest BCUT2D eigenvalue weighted by Gasteiger charge is 2.14. The minimum Gasteiger partial charge on any atom is -0.497 e. The maximum absolute atomic E-state index is 12.8. The molecule has 0 saturated heterocycles. The third-order valence-electron chi connectivity index (χ3n) is 4.21. The SMILES string of the molecule is COc1ccc(C(/C=C/c2cccc(Cl)c2)=N\S(=O)(=O)c2ccc(C)cc2)cc1. The molecule has 0 aliphatic carbocycles. The minimum atomic E-state index is -3.87. The summed E-state index contributed by atoms with van der Waals surface area (Å²) in [6.07, 6.45) is 3.44. The summed E-state index contributed by atoms with van der Waals surface area (Å²) >= 11 is 6.04. The van der Waals surface area contributed by atoms with E-state index in [2.05, 4.69) is 4.40 Å². The lowest BCUT2D eigenvalue weighted by molar-refractivity contribution is 0.415. The Labute approximate surface area is 176 Å². The first-order chi connectivity index (χ1) is 13.9. The van der Waals surface area contributed by atoms with Crippen LogP contribution in [0.3, 0.4) is 0 Å². The zero-order valence-corrected chi connectivity index (χ0v) is 17.6. The number of benzene rings is 3. The van der Waals surface area contributed by atoms with Crippen molar-refractivity contribution in [3.63, 3.8) is 0 Å². The van der Waals surface area contributed by atoms with Gasteiger partial charge in [0.05, 0.1) is 17.7 Å². The molecular formula is C23H20ClNO3S. The van der Waals surface area contributed by atoms with Crippen LogP contribution in [0.4, 0.5) is 0 Å². The van der Waals surface area contributed by atoms with Crippen LogP contribution in [0.15, 0.2) is 88.2 Å². The minimum absolute atomic E-state index is 0.144. The van der Waals surface area contributed by atoms with E-state index in [0.29, 0.717) is 22.0 Å². The third-order valence-corrected chi connectivity index (χ3v) is 5.75. The van der Waals surface area contributed by atoms with E-state index in [4.69, 9.17) is 16.3 Å². The van der Waals surface area contributed by atoms with Crippen LogP contribution in [-0.2, 0) is 10.0 Å². The number of hydrogen-bond donors (Lipinski definition) is 0. The maximum atomic E-state index is 12.8. The van der Waals surface area contributed by atoms with E-state index in [9.17, 15) is 8.42 Å². The Balaban J connectivity index is 2.05. The molecule has 0 bridgehead atoms. The standard InChI is InChI=1S/C23H20ClNO3S/c1-17-6-13-22(14-7-17)29(26,27)25-23(19-9-11-21(28-2)12-10-19)15-8-18-4-3-5-20(24)16-18/h3-16H,1-2H3/b15-8+,25-23-. The van der Waals surface area contributed by atoms with Gasteiger partial charge in [-0.1, -0.05) is 47.5 Å². The summed E-state index contributed by atoms with van der Waals surface area (Å²) in [7, 11) is -2.30. The summed E-state index contributed by atoms with van der Waals surface area (Å²) in [5, 5.41) is 0.599. The lowest BCUT2D eigenvalue weighted by Gasteiger charge is -2.06. The van der Waals surface area contributed by atoms with Crippen molar-refractivity contribution in [2.75, 3.05) is 7.11 Å². The second-order valence-corrected chi connectivity index (χ2v) is 8.42. The predicted molar refractivity (Wildman–Crippen MR) is 118 cm³/mol. The van der Waals surface area contributed by atoms with Crippen molar-refractivity contribution in [3.8, 4) is 5.75 Å². The van der Waals surface area contributed by atoms with Crippen molar-refractivity contribution in [2.45, 2.75) is 11.8 Å². The van der Waals surface area contributed by atoms with Gasteiger partial charge in [0.2, 0.25) is 0 Å². The molecule has 0 aliphatic heterocycles. The van der Waals surface area contributed by atoms with Crippen molar-refractivity contribution >= 4 is 33.4 Å². The number of nitrogens with zero attached hydrogens (tertiary/aromatic N) is 1. The van der Waals surface area contributed by atoms with Crippen LogP contribution in [0.2, 0.25) is 5.02 Å². The molecule has 3 aromatic rings. The molecular weight excluding hydrogens is 406 g/mol. The van der Waals surface area contributed by atoms with Gasteiger partial charge in [-0.25, -0.2) is 0 Å². The van der Waals surface area contributed by atoms with Gasteiger partial charge in [0.15, 0.2) is 0 Å². The Kier molecular flexibility index (Phi) is 6.52. The van der Waals surface area contributed by atoms with Crippen LogP contribution in [0.5, 0.6) is 5.75 Å². The number of aryl methyl sites for hydroxylation is 1. The summed E-state index contributed by atoms with van der Waals surface area (Å²) in [5.74, 6) is 0.674. The van der Waals surface area contributed by atoms with E-state index in [-0.39, 0.29) is 4.90 Å². The molecule has 3 aromatic carbocycles. The number of halogens is 1. The summed E-state index contributed by atoms with van der Waals surface area (Å²) in [6.45, 7) is 1.90. The molecule has 6 heteroatoms. The normalized spacial score (nSPS) is 12.3. The highest BCUT2D eigenvalue weighted by atomic mass is 35.5. The van der Waals surface area contributed by atoms with Crippen LogP contribution < -0.4 is 4.74 Å². The number of sulfonamides is 1. The molecule has 0 spiro atoms. The summed E-state index contributed by atoms with van der Waals surface area (Å²) < 4.78 is 35.0. The highest BCUT2D eigenvalue weighted by Crippen LogP contribution is 2.19. The van der Waals surface area contributed by atoms with E-state index in [1.807, 2.05) is 19.1 Å². The van der Waals surface area contributed by atoms with Gasteiger partial charge in [0.1, 0.15) is 5.75 Å². The van der Waals surface area contributed by atoms with Gasteiger partial charge < -0.3 is 4.74 Å². The molecule has 0 radical (unpaired) electrons. The van der Waals surface area contributed by atoms with Crippen LogP contribution >= 0.6 is 11.6 Å². The Bertz CT molecular complexity index is 1150. The first-order valence-corrected chi connectivity index (χ1v) is 10.7. The van der Waals surface area contributed by atoms with Crippen molar-refractivity contribution in [1.82, 2.24) is 0 Å².